The van der Waals surface area contributed by atoms with Gasteiger partial charge in [0.05, 0.1) is 15.7 Å². The molecule has 34 heavy (non-hydrogen) atoms. The highest BCUT2D eigenvalue weighted by Crippen LogP contribution is 2.26. The number of aryl methyl sites for hydroxylation is 1. The summed E-state index contributed by atoms with van der Waals surface area (Å²) in [7, 11) is -7.46. The van der Waals surface area contributed by atoms with Crippen LogP contribution in [0.2, 0.25) is 0 Å². The van der Waals surface area contributed by atoms with E-state index in [9.17, 15) is 26.0 Å². The Morgan fingerprint density at radius 2 is 1.32 bits per heavy atom. The Bertz CT molecular complexity index is 1240. The second kappa shape index (κ2) is 9.73. The molecule has 0 N–H and O–H groups in total. The van der Waals surface area contributed by atoms with Crippen molar-refractivity contribution in [1.82, 2.24) is 13.5 Å². The summed E-state index contributed by atoms with van der Waals surface area (Å²) in [5.41, 5.74) is 0.970. The quantitative estimate of drug-likeness (QED) is 0.615. The van der Waals surface area contributed by atoms with E-state index in [1.807, 2.05) is 6.92 Å². The molecule has 0 spiro atoms. The number of piperidine rings is 1. The maximum Gasteiger partial charge on any atom is 0.243 e. The van der Waals surface area contributed by atoms with Crippen molar-refractivity contribution in [2.75, 3.05) is 39.3 Å². The predicted octanol–water partition coefficient (Wildman–Crippen LogP) is 2.07. The third-order valence-electron chi connectivity index (χ3n) is 6.39. The van der Waals surface area contributed by atoms with E-state index < -0.39 is 31.8 Å². The van der Waals surface area contributed by atoms with Crippen molar-refractivity contribution in [3.63, 3.8) is 0 Å². The van der Waals surface area contributed by atoms with E-state index in [4.69, 9.17) is 0 Å². The molecule has 0 saturated carbocycles. The summed E-state index contributed by atoms with van der Waals surface area (Å²) in [5.74, 6) is -1.18. The Kier molecular flexibility index (Phi) is 7.09. The number of nitrogens with zero attached hydrogens (tertiary/aromatic N) is 3. The van der Waals surface area contributed by atoms with Crippen molar-refractivity contribution < 1.29 is 26.0 Å². The Hall–Kier alpha value is -2.34. The van der Waals surface area contributed by atoms with Crippen LogP contribution >= 0.6 is 0 Å². The minimum atomic E-state index is -3.83. The first-order chi connectivity index (χ1) is 16.1. The standard InChI is InChI=1S/C23H28FN3O5S2/c1-18-4-8-21(9-5-18)33(29,30)26-15-13-25(14-16-26)23(28)19-3-2-12-27(17-19)34(31,32)22-10-6-20(24)7-11-22/h4-11,19H,2-3,12-17H2,1H3/t19-/m1/s1. The lowest BCUT2D eigenvalue weighted by molar-refractivity contribution is -0.137. The molecule has 1 atom stereocenters. The molecule has 0 bridgehead atoms. The number of piperazine rings is 1. The summed E-state index contributed by atoms with van der Waals surface area (Å²) < 4.78 is 67.6. The number of carbonyl (C=O) groups excluding carboxylic acids is 1. The van der Waals surface area contributed by atoms with E-state index in [0.717, 1.165) is 17.7 Å². The van der Waals surface area contributed by atoms with Gasteiger partial charge in [-0.15, -0.1) is 0 Å². The zero-order valence-corrected chi connectivity index (χ0v) is 20.6. The first kappa shape index (κ1) is 24.8. The van der Waals surface area contributed by atoms with Gasteiger partial charge in [0.15, 0.2) is 0 Å². The maximum absolute atomic E-state index is 13.2. The lowest BCUT2D eigenvalue weighted by Crippen LogP contribution is -2.54. The van der Waals surface area contributed by atoms with Crippen LogP contribution in [-0.4, -0.2) is 75.5 Å². The van der Waals surface area contributed by atoms with Crippen LogP contribution in [0.15, 0.2) is 58.3 Å². The first-order valence-electron chi connectivity index (χ1n) is 11.2. The van der Waals surface area contributed by atoms with Crippen molar-refractivity contribution in [2.24, 2.45) is 5.92 Å². The molecule has 2 heterocycles. The second-order valence-electron chi connectivity index (χ2n) is 8.70. The van der Waals surface area contributed by atoms with Crippen LogP contribution in [0.25, 0.3) is 0 Å². The number of hydrogen-bond donors (Lipinski definition) is 0. The van der Waals surface area contributed by atoms with Crippen LogP contribution in [0, 0.1) is 18.7 Å². The van der Waals surface area contributed by atoms with Crippen molar-refractivity contribution in [2.45, 2.75) is 29.6 Å². The fourth-order valence-electron chi connectivity index (χ4n) is 4.38. The van der Waals surface area contributed by atoms with E-state index in [-0.39, 0.29) is 48.4 Å². The Balaban J connectivity index is 1.39. The highest BCUT2D eigenvalue weighted by atomic mass is 32.2. The van der Waals surface area contributed by atoms with Gasteiger partial charge in [-0.2, -0.15) is 8.61 Å². The number of carbonyl (C=O) groups is 1. The Morgan fingerprint density at radius 3 is 1.91 bits per heavy atom. The van der Waals surface area contributed by atoms with Crippen LogP contribution in [0.4, 0.5) is 4.39 Å². The zero-order chi connectivity index (χ0) is 24.5. The Labute approximate surface area is 200 Å². The molecular weight excluding hydrogens is 481 g/mol. The van der Waals surface area contributed by atoms with E-state index in [1.165, 1.54) is 20.7 Å². The molecule has 4 rings (SSSR count). The topological polar surface area (TPSA) is 95.1 Å². The molecule has 2 aromatic carbocycles. The number of sulfonamides is 2. The summed E-state index contributed by atoms with van der Waals surface area (Å²) in [4.78, 5) is 15.0. The molecule has 8 nitrogen and oxygen atoms in total. The summed E-state index contributed by atoms with van der Waals surface area (Å²) in [6.07, 6.45) is 1.11. The lowest BCUT2D eigenvalue weighted by Gasteiger charge is -2.38. The van der Waals surface area contributed by atoms with E-state index in [1.54, 1.807) is 29.2 Å². The largest absolute Gasteiger partial charge is 0.340 e. The van der Waals surface area contributed by atoms with Gasteiger partial charge in [-0.25, -0.2) is 21.2 Å². The van der Waals surface area contributed by atoms with E-state index >= 15 is 0 Å². The molecule has 2 aromatic rings. The fraction of sp³-hybridized carbons (Fsp3) is 0.435. The van der Waals surface area contributed by atoms with Gasteiger partial charge in [0, 0.05) is 39.3 Å². The van der Waals surface area contributed by atoms with Crippen LogP contribution in [0.1, 0.15) is 18.4 Å². The molecule has 184 valence electrons. The summed E-state index contributed by atoms with van der Waals surface area (Å²) >= 11 is 0. The second-order valence-corrected chi connectivity index (χ2v) is 12.6. The maximum atomic E-state index is 13.2. The minimum absolute atomic E-state index is 0.00285. The highest BCUT2D eigenvalue weighted by Gasteiger charge is 2.37. The number of amides is 1. The third-order valence-corrected chi connectivity index (χ3v) is 10.2. The van der Waals surface area contributed by atoms with Gasteiger partial charge in [-0.05, 0) is 56.2 Å². The summed E-state index contributed by atoms with van der Waals surface area (Å²) in [6.45, 7) is 3.12. The average Bonchev–Trinajstić information content (AvgIpc) is 2.84. The normalized spacial score (nSPS) is 20.9. The van der Waals surface area contributed by atoms with Crippen LogP contribution in [-0.2, 0) is 24.8 Å². The highest BCUT2D eigenvalue weighted by molar-refractivity contribution is 7.89. The zero-order valence-electron chi connectivity index (χ0n) is 18.9. The monoisotopic (exact) mass is 509 g/mol. The van der Waals surface area contributed by atoms with Crippen LogP contribution in [0.3, 0.4) is 0 Å². The lowest BCUT2D eigenvalue weighted by atomic mass is 9.98. The predicted molar refractivity (Wildman–Crippen MR) is 124 cm³/mol. The SMILES string of the molecule is Cc1ccc(S(=O)(=O)N2CCN(C(=O)[C@@H]3CCCN(S(=O)(=O)c4ccc(F)cc4)C3)CC2)cc1. The molecule has 2 saturated heterocycles. The van der Waals surface area contributed by atoms with Crippen molar-refractivity contribution >= 4 is 26.0 Å². The smallest absolute Gasteiger partial charge is 0.243 e. The molecule has 0 aliphatic carbocycles. The van der Waals surface area contributed by atoms with Gasteiger partial charge in [-0.1, -0.05) is 17.7 Å². The molecule has 0 aromatic heterocycles. The van der Waals surface area contributed by atoms with E-state index in [0.29, 0.717) is 19.4 Å². The van der Waals surface area contributed by atoms with Crippen molar-refractivity contribution in [1.29, 1.82) is 0 Å². The number of benzene rings is 2. The van der Waals surface area contributed by atoms with Gasteiger partial charge in [-0.3, -0.25) is 4.79 Å². The van der Waals surface area contributed by atoms with Gasteiger partial charge < -0.3 is 4.90 Å². The molecule has 2 aliphatic rings. The van der Waals surface area contributed by atoms with Crippen molar-refractivity contribution in [3.05, 3.63) is 59.9 Å². The van der Waals surface area contributed by atoms with Gasteiger partial charge in [0.25, 0.3) is 0 Å². The molecular formula is C23H28FN3O5S2. The average molecular weight is 510 g/mol. The number of hydrogen-bond acceptors (Lipinski definition) is 5. The molecule has 2 fully saturated rings. The van der Waals surface area contributed by atoms with Gasteiger partial charge in [0.1, 0.15) is 5.82 Å². The Morgan fingerprint density at radius 1 is 0.794 bits per heavy atom. The molecule has 0 unspecified atom stereocenters. The molecule has 2 aliphatic heterocycles. The summed E-state index contributed by atoms with van der Waals surface area (Å²) in [5, 5.41) is 0. The number of rotatable bonds is 5. The molecule has 1 amide bonds. The van der Waals surface area contributed by atoms with Crippen LogP contribution in [0.5, 0.6) is 0 Å². The minimum Gasteiger partial charge on any atom is -0.340 e. The fourth-order valence-corrected chi connectivity index (χ4v) is 7.33. The molecule has 11 heteroatoms. The van der Waals surface area contributed by atoms with Crippen LogP contribution < -0.4 is 0 Å². The third kappa shape index (κ3) is 5.02. The first-order valence-corrected chi connectivity index (χ1v) is 14.1. The molecule has 0 radical (unpaired) electrons. The van der Waals surface area contributed by atoms with E-state index in [2.05, 4.69) is 0 Å². The summed E-state index contributed by atoms with van der Waals surface area (Å²) in [6, 6.07) is 11.3. The number of halogens is 1. The van der Waals surface area contributed by atoms with Gasteiger partial charge >= 0.3 is 0 Å². The van der Waals surface area contributed by atoms with Crippen molar-refractivity contribution in [3.8, 4) is 0 Å². The van der Waals surface area contributed by atoms with Gasteiger partial charge in [0.2, 0.25) is 26.0 Å².